The van der Waals surface area contributed by atoms with Crippen molar-refractivity contribution in [3.8, 4) is 0 Å². The topological polar surface area (TPSA) is 95.0 Å². The number of aromatic carboxylic acids is 1. The molecule has 0 spiro atoms. The van der Waals surface area contributed by atoms with E-state index in [1.807, 2.05) is 0 Å². The van der Waals surface area contributed by atoms with Crippen LogP contribution < -0.4 is 0 Å². The van der Waals surface area contributed by atoms with Gasteiger partial charge in [-0.15, -0.1) is 11.3 Å². The summed E-state index contributed by atoms with van der Waals surface area (Å²) in [6.07, 6.45) is 1.02. The van der Waals surface area contributed by atoms with Gasteiger partial charge in [0.05, 0.1) is 11.3 Å². The van der Waals surface area contributed by atoms with E-state index in [2.05, 4.69) is 6.92 Å². The molecule has 1 aliphatic heterocycles. The van der Waals surface area contributed by atoms with Crippen molar-refractivity contribution in [2.24, 2.45) is 0 Å². The van der Waals surface area contributed by atoms with Gasteiger partial charge >= 0.3 is 5.97 Å². The average molecular weight is 393 g/mol. The standard InChI is InChI=1S/C14H20N2O5S3/c1-2-7-22-10-12(17)15-3-5-16(6-4-15)24(20,21)13-8-11(9-23-13)14(18)19/h8-9H,2-7,10H2,1H3,(H,18,19). The van der Waals surface area contributed by atoms with Crippen LogP contribution >= 0.6 is 23.1 Å². The number of carbonyl (C=O) groups excluding carboxylic acids is 1. The molecule has 2 rings (SSSR count). The Balaban J connectivity index is 1.95. The summed E-state index contributed by atoms with van der Waals surface area (Å²) in [7, 11) is -3.70. The second-order valence-electron chi connectivity index (χ2n) is 5.30. The SMILES string of the molecule is CCCSCC(=O)N1CCN(S(=O)(=O)c2cc(C(=O)O)cs2)CC1. The van der Waals surface area contributed by atoms with Crippen molar-refractivity contribution in [1.29, 1.82) is 0 Å². The lowest BCUT2D eigenvalue weighted by molar-refractivity contribution is -0.129. The van der Waals surface area contributed by atoms with Gasteiger partial charge in [0.1, 0.15) is 4.21 Å². The first-order valence-corrected chi connectivity index (χ1v) is 11.0. The van der Waals surface area contributed by atoms with Crippen LogP contribution in [-0.4, -0.2) is 72.3 Å². The van der Waals surface area contributed by atoms with E-state index in [4.69, 9.17) is 5.11 Å². The van der Waals surface area contributed by atoms with E-state index in [-0.39, 0.29) is 28.8 Å². The van der Waals surface area contributed by atoms with Crippen LogP contribution in [-0.2, 0) is 14.8 Å². The molecule has 1 fully saturated rings. The van der Waals surface area contributed by atoms with Gasteiger partial charge in [0.2, 0.25) is 5.91 Å². The summed E-state index contributed by atoms with van der Waals surface area (Å²) in [5.41, 5.74) is -0.0275. The fourth-order valence-corrected chi connectivity index (χ4v) is 5.78. The highest BCUT2D eigenvalue weighted by Crippen LogP contribution is 2.25. The minimum absolute atomic E-state index is 0.0261. The third-order valence-electron chi connectivity index (χ3n) is 3.58. The molecular weight excluding hydrogens is 372 g/mol. The normalized spacial score (nSPS) is 16.3. The number of hydrogen-bond acceptors (Lipinski definition) is 6. The number of thioether (sulfide) groups is 1. The molecule has 0 unspecified atom stereocenters. The Labute approximate surface area is 149 Å². The molecule has 0 radical (unpaired) electrons. The van der Waals surface area contributed by atoms with Crippen LogP contribution in [0.1, 0.15) is 23.7 Å². The maximum absolute atomic E-state index is 12.5. The van der Waals surface area contributed by atoms with Crippen molar-refractivity contribution in [3.05, 3.63) is 17.0 Å². The molecule has 0 bridgehead atoms. The van der Waals surface area contributed by atoms with Crippen LogP contribution in [0.25, 0.3) is 0 Å². The molecule has 0 saturated carbocycles. The Morgan fingerprint density at radius 1 is 1.29 bits per heavy atom. The molecule has 1 saturated heterocycles. The molecular formula is C14H20N2O5S3. The van der Waals surface area contributed by atoms with Crippen LogP contribution in [0.5, 0.6) is 0 Å². The zero-order chi connectivity index (χ0) is 17.7. The first-order valence-electron chi connectivity index (χ1n) is 7.53. The van der Waals surface area contributed by atoms with Gasteiger partial charge in [0, 0.05) is 31.6 Å². The van der Waals surface area contributed by atoms with Crippen LogP contribution in [0.4, 0.5) is 0 Å². The predicted molar refractivity (Wildman–Crippen MR) is 94.2 cm³/mol. The van der Waals surface area contributed by atoms with Gasteiger partial charge in [-0.1, -0.05) is 6.92 Å². The van der Waals surface area contributed by atoms with Gasteiger partial charge in [-0.2, -0.15) is 16.1 Å². The van der Waals surface area contributed by atoms with Gasteiger partial charge in [0.25, 0.3) is 10.0 Å². The monoisotopic (exact) mass is 392 g/mol. The Hall–Kier alpha value is -1.10. The van der Waals surface area contributed by atoms with Crippen LogP contribution in [0, 0.1) is 0 Å². The quantitative estimate of drug-likeness (QED) is 0.705. The zero-order valence-corrected chi connectivity index (χ0v) is 15.8. The van der Waals surface area contributed by atoms with Gasteiger partial charge in [-0.05, 0) is 18.2 Å². The van der Waals surface area contributed by atoms with E-state index in [1.54, 1.807) is 16.7 Å². The lowest BCUT2D eigenvalue weighted by Gasteiger charge is -2.33. The molecule has 24 heavy (non-hydrogen) atoms. The molecule has 134 valence electrons. The van der Waals surface area contributed by atoms with Crippen LogP contribution in [0.15, 0.2) is 15.7 Å². The lowest BCUT2D eigenvalue weighted by atomic mass is 10.3. The van der Waals surface area contributed by atoms with E-state index in [0.717, 1.165) is 23.5 Å². The molecule has 1 aliphatic rings. The van der Waals surface area contributed by atoms with Gasteiger partial charge in [-0.3, -0.25) is 4.79 Å². The Bertz CT molecular complexity index is 693. The molecule has 7 nitrogen and oxygen atoms in total. The number of piperazine rings is 1. The summed E-state index contributed by atoms with van der Waals surface area (Å²) in [5, 5.41) is 10.2. The number of sulfonamides is 1. The van der Waals surface area contributed by atoms with E-state index in [9.17, 15) is 18.0 Å². The third kappa shape index (κ3) is 4.50. The van der Waals surface area contributed by atoms with E-state index in [1.165, 1.54) is 15.8 Å². The smallest absolute Gasteiger partial charge is 0.336 e. The summed E-state index contributed by atoms with van der Waals surface area (Å²) >= 11 is 2.49. The highest BCUT2D eigenvalue weighted by atomic mass is 32.2. The number of hydrogen-bond donors (Lipinski definition) is 1. The van der Waals surface area contributed by atoms with Gasteiger partial charge in [-0.25, -0.2) is 13.2 Å². The third-order valence-corrected chi connectivity index (χ3v) is 8.04. The van der Waals surface area contributed by atoms with Gasteiger partial charge < -0.3 is 10.0 Å². The largest absolute Gasteiger partial charge is 0.478 e. The fraction of sp³-hybridized carbons (Fsp3) is 0.571. The van der Waals surface area contributed by atoms with Crippen molar-refractivity contribution in [2.75, 3.05) is 37.7 Å². The molecule has 1 aromatic rings. The molecule has 1 N–H and O–H groups in total. The number of carboxylic acids is 1. The lowest BCUT2D eigenvalue weighted by Crippen LogP contribution is -2.50. The minimum atomic E-state index is -3.70. The molecule has 0 aliphatic carbocycles. The van der Waals surface area contributed by atoms with E-state index < -0.39 is 16.0 Å². The Morgan fingerprint density at radius 3 is 2.50 bits per heavy atom. The Morgan fingerprint density at radius 2 is 1.96 bits per heavy atom. The van der Waals surface area contributed by atoms with Crippen molar-refractivity contribution >= 4 is 45.0 Å². The fourth-order valence-electron chi connectivity index (χ4n) is 2.26. The minimum Gasteiger partial charge on any atom is -0.478 e. The van der Waals surface area contributed by atoms with E-state index >= 15 is 0 Å². The number of nitrogens with zero attached hydrogens (tertiary/aromatic N) is 2. The van der Waals surface area contributed by atoms with Crippen molar-refractivity contribution in [2.45, 2.75) is 17.6 Å². The first kappa shape index (κ1) is 19.2. The zero-order valence-electron chi connectivity index (χ0n) is 13.3. The van der Waals surface area contributed by atoms with Crippen LogP contribution in [0.3, 0.4) is 0 Å². The van der Waals surface area contributed by atoms with Crippen molar-refractivity contribution in [1.82, 2.24) is 9.21 Å². The molecule has 2 heterocycles. The number of amides is 1. The predicted octanol–water partition coefficient (Wildman–Crippen LogP) is 1.42. The first-order chi connectivity index (χ1) is 11.4. The second-order valence-corrected chi connectivity index (χ2v) is 9.48. The molecule has 1 aromatic heterocycles. The van der Waals surface area contributed by atoms with Crippen molar-refractivity contribution < 1.29 is 23.1 Å². The molecule has 1 amide bonds. The molecule has 10 heteroatoms. The Kier molecular flexibility index (Phi) is 6.67. The number of carboxylic acid groups (broad SMARTS) is 1. The second kappa shape index (κ2) is 8.32. The number of rotatable bonds is 7. The highest BCUT2D eigenvalue weighted by Gasteiger charge is 2.31. The summed E-state index contributed by atoms with van der Waals surface area (Å²) < 4.78 is 26.4. The highest BCUT2D eigenvalue weighted by molar-refractivity contribution is 7.99. The maximum atomic E-state index is 12.5. The molecule has 0 aromatic carbocycles. The number of thiophene rings is 1. The van der Waals surface area contributed by atoms with Gasteiger partial charge in [0.15, 0.2) is 0 Å². The molecule has 0 atom stereocenters. The average Bonchev–Trinajstić information content (AvgIpc) is 3.06. The maximum Gasteiger partial charge on any atom is 0.336 e. The van der Waals surface area contributed by atoms with E-state index in [0.29, 0.717) is 18.8 Å². The summed E-state index contributed by atoms with van der Waals surface area (Å²) in [6, 6.07) is 1.18. The van der Waals surface area contributed by atoms with Crippen LogP contribution in [0.2, 0.25) is 0 Å². The number of carbonyl (C=O) groups is 2. The summed E-state index contributed by atoms with van der Waals surface area (Å²) in [5.74, 6) is 0.250. The van der Waals surface area contributed by atoms with Crippen molar-refractivity contribution in [3.63, 3.8) is 0 Å². The summed E-state index contributed by atoms with van der Waals surface area (Å²) in [4.78, 5) is 24.6. The summed E-state index contributed by atoms with van der Waals surface area (Å²) in [6.45, 7) is 3.24.